The van der Waals surface area contributed by atoms with Crippen LogP contribution < -0.4 is 5.32 Å². The largest absolute Gasteiger partial charge is 0.452 e. The van der Waals surface area contributed by atoms with Gasteiger partial charge in [0.05, 0.1) is 12.2 Å². The molecule has 0 bridgehead atoms. The molecule has 1 aliphatic heterocycles. The van der Waals surface area contributed by atoms with Crippen LogP contribution in [-0.4, -0.2) is 54.2 Å². The second-order valence-corrected chi connectivity index (χ2v) is 5.70. The first-order chi connectivity index (χ1) is 11.1. The fourth-order valence-electron chi connectivity index (χ4n) is 2.76. The number of ether oxygens (including phenoxy) is 1. The SMILES string of the molecule is C[C@@H]1CCCCN1C(=O)COC(=O)c1ccccc1NCCO. The first-order valence-electron chi connectivity index (χ1n) is 8.04. The van der Waals surface area contributed by atoms with Crippen LogP contribution in [0.5, 0.6) is 0 Å². The highest BCUT2D eigenvalue weighted by atomic mass is 16.5. The zero-order valence-corrected chi connectivity index (χ0v) is 13.5. The number of benzene rings is 1. The first kappa shape index (κ1) is 17.3. The van der Waals surface area contributed by atoms with Gasteiger partial charge in [-0.3, -0.25) is 4.79 Å². The van der Waals surface area contributed by atoms with Crippen molar-refractivity contribution in [1.82, 2.24) is 4.90 Å². The van der Waals surface area contributed by atoms with Crippen molar-refractivity contribution in [2.24, 2.45) is 0 Å². The molecular weight excluding hydrogens is 296 g/mol. The Balaban J connectivity index is 1.93. The van der Waals surface area contributed by atoms with Crippen LogP contribution in [0, 0.1) is 0 Å². The number of para-hydroxylation sites is 1. The summed E-state index contributed by atoms with van der Waals surface area (Å²) in [7, 11) is 0. The van der Waals surface area contributed by atoms with Crippen LogP contribution in [0.1, 0.15) is 36.5 Å². The van der Waals surface area contributed by atoms with Crippen molar-refractivity contribution in [2.45, 2.75) is 32.2 Å². The van der Waals surface area contributed by atoms with E-state index in [1.165, 1.54) is 0 Å². The van der Waals surface area contributed by atoms with Crippen LogP contribution in [0.3, 0.4) is 0 Å². The smallest absolute Gasteiger partial charge is 0.340 e. The molecule has 126 valence electrons. The van der Waals surface area contributed by atoms with Crippen LogP contribution in [0.4, 0.5) is 5.69 Å². The quantitative estimate of drug-likeness (QED) is 0.779. The van der Waals surface area contributed by atoms with Gasteiger partial charge in [0.15, 0.2) is 6.61 Å². The predicted octanol–water partition coefficient (Wildman–Crippen LogP) is 1.65. The molecule has 0 spiro atoms. The number of aliphatic hydroxyl groups excluding tert-OH is 1. The molecule has 2 rings (SSSR count). The maximum absolute atomic E-state index is 12.2. The van der Waals surface area contributed by atoms with E-state index < -0.39 is 5.97 Å². The van der Waals surface area contributed by atoms with Gasteiger partial charge in [-0.15, -0.1) is 0 Å². The zero-order valence-electron chi connectivity index (χ0n) is 13.5. The Morgan fingerprint density at radius 2 is 2.13 bits per heavy atom. The standard InChI is InChI=1S/C17H24N2O4/c1-13-6-4-5-10-19(13)16(21)12-23-17(22)14-7-2-3-8-15(14)18-9-11-20/h2-3,7-8,13,18,20H,4-6,9-12H2,1H3/t13-/m1/s1. The second-order valence-electron chi connectivity index (χ2n) is 5.70. The van der Waals surface area contributed by atoms with E-state index in [-0.39, 0.29) is 25.2 Å². The zero-order chi connectivity index (χ0) is 16.7. The fraction of sp³-hybridized carbons (Fsp3) is 0.529. The molecule has 2 N–H and O–H groups in total. The number of carbonyl (C=O) groups excluding carboxylic acids is 2. The average molecular weight is 320 g/mol. The number of nitrogens with zero attached hydrogens (tertiary/aromatic N) is 1. The molecule has 23 heavy (non-hydrogen) atoms. The molecule has 0 aromatic heterocycles. The van der Waals surface area contributed by atoms with Gasteiger partial charge < -0.3 is 20.1 Å². The Hall–Kier alpha value is -2.08. The van der Waals surface area contributed by atoms with Gasteiger partial charge in [-0.1, -0.05) is 12.1 Å². The van der Waals surface area contributed by atoms with Crippen molar-refractivity contribution in [1.29, 1.82) is 0 Å². The normalized spacial score (nSPS) is 17.7. The number of piperidine rings is 1. The average Bonchev–Trinajstić information content (AvgIpc) is 2.58. The highest BCUT2D eigenvalue weighted by Crippen LogP contribution is 2.18. The minimum absolute atomic E-state index is 0.0330. The molecule has 0 unspecified atom stereocenters. The van der Waals surface area contributed by atoms with Crippen LogP contribution in [0.15, 0.2) is 24.3 Å². The van der Waals surface area contributed by atoms with Gasteiger partial charge in [0.2, 0.25) is 0 Å². The Morgan fingerprint density at radius 3 is 2.87 bits per heavy atom. The minimum atomic E-state index is -0.538. The number of rotatable bonds is 6. The number of likely N-dealkylation sites (tertiary alicyclic amines) is 1. The van der Waals surface area contributed by atoms with Crippen LogP contribution in [0.2, 0.25) is 0 Å². The summed E-state index contributed by atoms with van der Waals surface area (Å²) in [6, 6.07) is 7.09. The van der Waals surface area contributed by atoms with Gasteiger partial charge in [-0.2, -0.15) is 0 Å². The van der Waals surface area contributed by atoms with Gasteiger partial charge in [0, 0.05) is 24.8 Å². The molecule has 1 aromatic carbocycles. The monoisotopic (exact) mass is 320 g/mol. The highest BCUT2D eigenvalue weighted by molar-refractivity contribution is 5.96. The molecular formula is C17H24N2O4. The molecule has 0 aliphatic carbocycles. The lowest BCUT2D eigenvalue weighted by atomic mass is 10.0. The third-order valence-corrected chi connectivity index (χ3v) is 4.02. The lowest BCUT2D eigenvalue weighted by molar-refractivity contribution is -0.137. The lowest BCUT2D eigenvalue weighted by Gasteiger charge is -2.33. The molecule has 1 heterocycles. The predicted molar refractivity (Wildman–Crippen MR) is 87.3 cm³/mol. The summed E-state index contributed by atoms with van der Waals surface area (Å²) in [6.07, 6.45) is 3.13. The molecule has 1 aliphatic rings. The molecule has 1 aromatic rings. The minimum Gasteiger partial charge on any atom is -0.452 e. The van der Waals surface area contributed by atoms with E-state index in [1.807, 2.05) is 6.92 Å². The fourth-order valence-corrected chi connectivity index (χ4v) is 2.76. The number of aliphatic hydroxyl groups is 1. The van der Waals surface area contributed by atoms with Crippen molar-refractivity contribution >= 4 is 17.6 Å². The summed E-state index contributed by atoms with van der Waals surface area (Å²) in [6.45, 7) is 2.82. The van der Waals surface area contributed by atoms with E-state index >= 15 is 0 Å². The molecule has 1 saturated heterocycles. The Bertz CT molecular complexity index is 547. The van der Waals surface area contributed by atoms with Gasteiger partial charge >= 0.3 is 5.97 Å². The van der Waals surface area contributed by atoms with E-state index in [9.17, 15) is 9.59 Å². The number of anilines is 1. The van der Waals surface area contributed by atoms with E-state index in [2.05, 4.69) is 5.32 Å². The third-order valence-electron chi connectivity index (χ3n) is 4.02. The summed E-state index contributed by atoms with van der Waals surface area (Å²) < 4.78 is 5.18. The number of nitrogens with one attached hydrogen (secondary N) is 1. The van der Waals surface area contributed by atoms with Crippen LogP contribution >= 0.6 is 0 Å². The van der Waals surface area contributed by atoms with Gasteiger partial charge in [-0.25, -0.2) is 4.79 Å². The number of hydrogen-bond donors (Lipinski definition) is 2. The third kappa shape index (κ3) is 4.69. The summed E-state index contributed by atoms with van der Waals surface area (Å²) in [5.41, 5.74) is 0.950. The number of hydrogen-bond acceptors (Lipinski definition) is 5. The summed E-state index contributed by atoms with van der Waals surface area (Å²) in [4.78, 5) is 26.2. The first-order valence-corrected chi connectivity index (χ1v) is 8.04. The summed E-state index contributed by atoms with van der Waals surface area (Å²) in [5.74, 6) is -0.685. The van der Waals surface area contributed by atoms with Gasteiger partial charge in [-0.05, 0) is 38.3 Å². The lowest BCUT2D eigenvalue weighted by Crippen LogP contribution is -2.44. The molecule has 0 radical (unpaired) electrons. The number of esters is 1. The topological polar surface area (TPSA) is 78.9 Å². The van der Waals surface area contributed by atoms with Crippen molar-refractivity contribution in [3.8, 4) is 0 Å². The maximum Gasteiger partial charge on any atom is 0.340 e. The summed E-state index contributed by atoms with van der Waals surface area (Å²) in [5, 5.41) is 11.8. The van der Waals surface area contributed by atoms with Crippen LogP contribution in [0.25, 0.3) is 0 Å². The van der Waals surface area contributed by atoms with E-state index in [0.29, 0.717) is 17.8 Å². The van der Waals surface area contributed by atoms with E-state index in [4.69, 9.17) is 9.84 Å². The maximum atomic E-state index is 12.2. The molecule has 6 heteroatoms. The van der Waals surface area contributed by atoms with Crippen molar-refractivity contribution in [2.75, 3.05) is 31.6 Å². The number of carbonyl (C=O) groups is 2. The molecule has 1 fully saturated rings. The number of amides is 1. The van der Waals surface area contributed by atoms with Gasteiger partial charge in [0.1, 0.15) is 0 Å². The van der Waals surface area contributed by atoms with E-state index in [1.54, 1.807) is 29.2 Å². The molecule has 1 amide bonds. The Kier molecular flexibility index (Phi) is 6.40. The van der Waals surface area contributed by atoms with Crippen LogP contribution in [-0.2, 0) is 9.53 Å². The molecule has 6 nitrogen and oxygen atoms in total. The van der Waals surface area contributed by atoms with Crippen molar-refractivity contribution in [3.63, 3.8) is 0 Å². The van der Waals surface area contributed by atoms with Crippen molar-refractivity contribution < 1.29 is 19.4 Å². The van der Waals surface area contributed by atoms with Gasteiger partial charge in [0.25, 0.3) is 5.91 Å². The second kappa shape index (κ2) is 8.53. The Morgan fingerprint density at radius 1 is 1.35 bits per heavy atom. The Labute approximate surface area is 136 Å². The van der Waals surface area contributed by atoms with Crippen molar-refractivity contribution in [3.05, 3.63) is 29.8 Å². The molecule has 0 saturated carbocycles. The summed E-state index contributed by atoms with van der Waals surface area (Å²) >= 11 is 0. The van der Waals surface area contributed by atoms with E-state index in [0.717, 1.165) is 25.8 Å². The highest BCUT2D eigenvalue weighted by Gasteiger charge is 2.24. The molecule has 1 atom stereocenters.